The normalized spacial score (nSPS) is 27.4. The Morgan fingerprint density at radius 3 is 2.50 bits per heavy atom. The van der Waals surface area contributed by atoms with Crippen molar-refractivity contribution in [3.05, 3.63) is 69.7 Å². The molecule has 2 aliphatic rings. The van der Waals surface area contributed by atoms with Crippen molar-refractivity contribution in [3.63, 3.8) is 0 Å². The monoisotopic (exact) mass is 560 g/mol. The molecular weight excluding hydrogens is 523 g/mol. The van der Waals surface area contributed by atoms with Crippen molar-refractivity contribution in [2.75, 3.05) is 19.8 Å². The number of piperidine rings is 1. The maximum atomic E-state index is 13.4. The van der Waals surface area contributed by atoms with Crippen LogP contribution in [0.2, 0.25) is 10.0 Å². The Bertz CT molecular complexity index is 1160. The number of amides is 1. The number of carbonyl (C=O) groups excluding carboxylic acids is 1. The molecule has 2 aromatic rings. The minimum atomic E-state index is -1.00. The van der Waals surface area contributed by atoms with Gasteiger partial charge in [0.2, 0.25) is 5.91 Å². The minimum absolute atomic E-state index is 0.0747. The third-order valence-corrected chi connectivity index (χ3v) is 8.80. The van der Waals surface area contributed by atoms with Crippen LogP contribution >= 0.6 is 23.2 Å². The molecule has 2 aromatic carbocycles. The van der Waals surface area contributed by atoms with Crippen molar-refractivity contribution in [1.82, 2.24) is 10.2 Å². The second kappa shape index (κ2) is 11.5. The van der Waals surface area contributed by atoms with Crippen LogP contribution in [-0.4, -0.2) is 53.2 Å². The van der Waals surface area contributed by atoms with E-state index in [0.717, 1.165) is 18.5 Å². The zero-order chi connectivity index (χ0) is 27.7. The van der Waals surface area contributed by atoms with Crippen LogP contribution in [0, 0.1) is 11.3 Å². The number of hydrogen-bond donors (Lipinski definition) is 2. The number of nitrogens with zero attached hydrogens (tertiary/aromatic N) is 1. The van der Waals surface area contributed by atoms with Crippen LogP contribution in [-0.2, 0) is 14.3 Å². The van der Waals surface area contributed by atoms with Crippen molar-refractivity contribution in [1.29, 1.82) is 0 Å². The first-order valence-corrected chi connectivity index (χ1v) is 14.0. The van der Waals surface area contributed by atoms with Gasteiger partial charge in [0, 0.05) is 40.1 Å². The summed E-state index contributed by atoms with van der Waals surface area (Å²) < 4.78 is 5.82. The van der Waals surface area contributed by atoms with Crippen LogP contribution in [0.4, 0.5) is 0 Å². The van der Waals surface area contributed by atoms with E-state index in [1.54, 1.807) is 6.92 Å². The fourth-order valence-electron chi connectivity index (χ4n) is 6.29. The summed E-state index contributed by atoms with van der Waals surface area (Å²) in [5.41, 5.74) is 1.02. The van der Waals surface area contributed by atoms with E-state index in [1.165, 1.54) is 5.56 Å². The van der Waals surface area contributed by atoms with Crippen LogP contribution in [0.1, 0.15) is 70.0 Å². The second-order valence-electron chi connectivity index (χ2n) is 11.8. The first-order valence-electron chi connectivity index (χ1n) is 13.3. The summed E-state index contributed by atoms with van der Waals surface area (Å²) in [6.07, 6.45) is 1.02. The summed E-state index contributed by atoms with van der Waals surface area (Å²) in [7, 11) is 0. The highest BCUT2D eigenvalue weighted by Gasteiger charge is 2.48. The van der Waals surface area contributed by atoms with Gasteiger partial charge < -0.3 is 15.2 Å². The summed E-state index contributed by atoms with van der Waals surface area (Å²) in [6.45, 7) is 10.5. The van der Waals surface area contributed by atoms with E-state index in [2.05, 4.69) is 43.1 Å². The predicted molar refractivity (Wildman–Crippen MR) is 151 cm³/mol. The summed E-state index contributed by atoms with van der Waals surface area (Å²) in [5, 5.41) is 14.1. The van der Waals surface area contributed by atoms with Crippen molar-refractivity contribution < 1.29 is 19.4 Å². The predicted octanol–water partition coefficient (Wildman–Crippen LogP) is 6.32. The van der Waals surface area contributed by atoms with Crippen molar-refractivity contribution in [2.45, 2.75) is 70.5 Å². The third-order valence-electron chi connectivity index (χ3n) is 8.32. The number of nitrogens with one attached hydrogen (secondary N) is 1. The van der Waals surface area contributed by atoms with Gasteiger partial charge in [-0.3, -0.25) is 14.5 Å². The largest absolute Gasteiger partial charge is 0.481 e. The highest BCUT2D eigenvalue weighted by atomic mass is 35.5. The van der Waals surface area contributed by atoms with Gasteiger partial charge in [0.15, 0.2) is 0 Å². The van der Waals surface area contributed by atoms with Crippen LogP contribution in [0.3, 0.4) is 0 Å². The Hall–Kier alpha value is -2.12. The summed E-state index contributed by atoms with van der Waals surface area (Å²) in [6, 6.07) is 15.6. The lowest BCUT2D eigenvalue weighted by molar-refractivity contribution is -0.147. The molecule has 2 fully saturated rings. The fraction of sp³-hybridized carbons (Fsp3) is 0.533. The van der Waals surface area contributed by atoms with Gasteiger partial charge >= 0.3 is 5.97 Å². The Morgan fingerprint density at radius 2 is 1.87 bits per heavy atom. The standard InChI is InChI=1S/C30H38Cl2N2O4/c1-19(14-25(20-8-10-22(31)11-9-20)34-12-13-38-18-29(34,2)3)27-24(21-6-5-7-23(32)15-21)16-30(4,17-26(35)36)28(37)33-27/h5-11,15,19,24-25,27H,12-14,16-18H2,1-4H3,(H,33,37)(H,35,36). The smallest absolute Gasteiger partial charge is 0.304 e. The molecule has 2 N–H and O–H groups in total. The van der Waals surface area contributed by atoms with E-state index in [9.17, 15) is 14.7 Å². The quantitative estimate of drug-likeness (QED) is 0.394. The molecule has 0 spiro atoms. The van der Waals surface area contributed by atoms with Gasteiger partial charge in [-0.1, -0.05) is 61.3 Å². The van der Waals surface area contributed by atoms with Crippen molar-refractivity contribution in [2.24, 2.45) is 11.3 Å². The Labute approximate surface area is 235 Å². The highest BCUT2D eigenvalue weighted by Crippen LogP contribution is 2.45. The average Bonchev–Trinajstić information content (AvgIpc) is 2.84. The molecule has 0 bridgehead atoms. The van der Waals surface area contributed by atoms with Crippen LogP contribution in [0.5, 0.6) is 0 Å². The molecule has 206 valence electrons. The Balaban J connectivity index is 1.69. The molecule has 5 atom stereocenters. The highest BCUT2D eigenvalue weighted by molar-refractivity contribution is 6.30. The summed E-state index contributed by atoms with van der Waals surface area (Å²) >= 11 is 12.6. The van der Waals surface area contributed by atoms with Crippen molar-refractivity contribution >= 4 is 35.1 Å². The molecule has 2 saturated heterocycles. The number of halogens is 2. The Kier molecular flexibility index (Phi) is 8.78. The Morgan fingerprint density at radius 1 is 1.16 bits per heavy atom. The molecule has 5 unspecified atom stereocenters. The zero-order valence-corrected chi connectivity index (χ0v) is 24.1. The van der Waals surface area contributed by atoms with Gasteiger partial charge in [0.05, 0.1) is 25.0 Å². The molecule has 2 heterocycles. The van der Waals surface area contributed by atoms with E-state index in [0.29, 0.717) is 29.7 Å². The first-order chi connectivity index (χ1) is 17.9. The van der Waals surface area contributed by atoms with E-state index in [1.807, 2.05) is 36.4 Å². The maximum absolute atomic E-state index is 13.4. The average molecular weight is 562 g/mol. The van der Waals surface area contributed by atoms with Gasteiger partial charge in [-0.15, -0.1) is 0 Å². The SMILES string of the molecule is CC(CC(c1ccc(Cl)cc1)N1CCOCC1(C)C)C1NC(=O)C(C)(CC(=O)O)CC1c1cccc(Cl)c1. The molecule has 0 aliphatic carbocycles. The molecule has 8 heteroatoms. The van der Waals surface area contributed by atoms with E-state index < -0.39 is 11.4 Å². The number of morpholine rings is 1. The molecular formula is C30H38Cl2N2O4. The number of aliphatic carboxylic acids is 1. The fourth-order valence-corrected chi connectivity index (χ4v) is 6.62. The lowest BCUT2D eigenvalue weighted by Gasteiger charge is -2.49. The van der Waals surface area contributed by atoms with E-state index in [4.69, 9.17) is 27.9 Å². The van der Waals surface area contributed by atoms with E-state index in [-0.39, 0.29) is 41.8 Å². The molecule has 1 amide bonds. The third kappa shape index (κ3) is 6.36. The van der Waals surface area contributed by atoms with Gasteiger partial charge in [-0.2, -0.15) is 0 Å². The molecule has 2 aliphatic heterocycles. The van der Waals surface area contributed by atoms with Crippen molar-refractivity contribution in [3.8, 4) is 0 Å². The van der Waals surface area contributed by atoms with Crippen LogP contribution < -0.4 is 5.32 Å². The lowest BCUT2D eigenvalue weighted by atomic mass is 9.67. The molecule has 0 aromatic heterocycles. The van der Waals surface area contributed by atoms with Crippen LogP contribution in [0.15, 0.2) is 48.5 Å². The number of carboxylic acids is 1. The van der Waals surface area contributed by atoms with Gasteiger partial charge in [-0.05, 0) is 68.0 Å². The number of hydrogen-bond acceptors (Lipinski definition) is 4. The topological polar surface area (TPSA) is 78.9 Å². The second-order valence-corrected chi connectivity index (χ2v) is 12.7. The summed E-state index contributed by atoms with van der Waals surface area (Å²) in [4.78, 5) is 27.5. The van der Waals surface area contributed by atoms with Gasteiger partial charge in [0.1, 0.15) is 0 Å². The van der Waals surface area contributed by atoms with Gasteiger partial charge in [0.25, 0.3) is 0 Å². The summed E-state index contributed by atoms with van der Waals surface area (Å²) in [5.74, 6) is -1.17. The molecule has 4 rings (SSSR count). The van der Waals surface area contributed by atoms with Crippen LogP contribution in [0.25, 0.3) is 0 Å². The van der Waals surface area contributed by atoms with Gasteiger partial charge in [-0.25, -0.2) is 0 Å². The molecule has 6 nitrogen and oxygen atoms in total. The number of benzene rings is 2. The number of carbonyl (C=O) groups is 2. The lowest BCUT2D eigenvalue weighted by Crippen LogP contribution is -2.57. The number of rotatable bonds is 8. The maximum Gasteiger partial charge on any atom is 0.304 e. The number of ether oxygens (including phenoxy) is 1. The molecule has 0 radical (unpaired) electrons. The minimum Gasteiger partial charge on any atom is -0.481 e. The molecule has 38 heavy (non-hydrogen) atoms. The zero-order valence-electron chi connectivity index (χ0n) is 22.5. The van der Waals surface area contributed by atoms with E-state index >= 15 is 0 Å². The number of carboxylic acid groups (broad SMARTS) is 1. The molecule has 0 saturated carbocycles. The first kappa shape index (κ1) is 28.9.